The number of fused-ring (bicyclic) bond motifs is 1. The van der Waals surface area contributed by atoms with Gasteiger partial charge in [0, 0.05) is 29.2 Å². The summed E-state index contributed by atoms with van der Waals surface area (Å²) in [5.74, 6) is -1.28. The molecule has 0 aliphatic rings. The first-order chi connectivity index (χ1) is 11.7. The van der Waals surface area contributed by atoms with Crippen molar-refractivity contribution >= 4 is 26.8 Å². The van der Waals surface area contributed by atoms with E-state index in [-0.39, 0.29) is 10.5 Å². The summed E-state index contributed by atoms with van der Waals surface area (Å²) in [6.45, 7) is 3.93. The van der Waals surface area contributed by atoms with Crippen molar-refractivity contribution in [1.29, 1.82) is 0 Å². The van der Waals surface area contributed by atoms with Crippen LogP contribution in [0.2, 0.25) is 0 Å². The second-order valence-electron chi connectivity index (χ2n) is 5.89. The number of sulfonamides is 1. The van der Waals surface area contributed by atoms with E-state index in [1.165, 1.54) is 0 Å². The van der Waals surface area contributed by atoms with Crippen LogP contribution in [0.5, 0.6) is 0 Å². The van der Waals surface area contributed by atoms with Gasteiger partial charge in [0.05, 0.1) is 4.90 Å². The van der Waals surface area contributed by atoms with Crippen LogP contribution in [-0.2, 0) is 17.1 Å². The molecular formula is C18H17FN2O3S. The summed E-state index contributed by atoms with van der Waals surface area (Å²) in [6.07, 6.45) is 0. The molecule has 0 aliphatic heterocycles. The second kappa shape index (κ2) is 6.00. The number of rotatable bonds is 3. The topological polar surface area (TPSA) is 68.2 Å². The Morgan fingerprint density at radius 3 is 2.36 bits per heavy atom. The number of aromatic nitrogens is 1. The van der Waals surface area contributed by atoms with E-state index in [1.807, 2.05) is 30.2 Å². The molecule has 0 spiro atoms. The summed E-state index contributed by atoms with van der Waals surface area (Å²) >= 11 is 0. The number of hydrogen-bond acceptors (Lipinski definition) is 3. The van der Waals surface area contributed by atoms with Gasteiger partial charge in [0.2, 0.25) is 0 Å². The molecule has 1 N–H and O–H groups in total. The van der Waals surface area contributed by atoms with E-state index in [0.29, 0.717) is 0 Å². The lowest BCUT2D eigenvalue weighted by molar-refractivity contribution is 0.0981. The predicted octanol–water partition coefficient (Wildman–Crippen LogP) is 3.05. The van der Waals surface area contributed by atoms with Gasteiger partial charge in [-0.05, 0) is 61.9 Å². The molecule has 2 aromatic carbocycles. The van der Waals surface area contributed by atoms with Crippen LogP contribution in [0.4, 0.5) is 4.39 Å². The average molecular weight is 360 g/mol. The normalized spacial score (nSPS) is 11.7. The van der Waals surface area contributed by atoms with Crippen molar-refractivity contribution in [3.8, 4) is 0 Å². The second-order valence-corrected chi connectivity index (χ2v) is 7.57. The van der Waals surface area contributed by atoms with Gasteiger partial charge in [-0.2, -0.15) is 0 Å². The maximum atomic E-state index is 12.9. The van der Waals surface area contributed by atoms with Gasteiger partial charge in [-0.3, -0.25) is 4.79 Å². The quantitative estimate of drug-likeness (QED) is 0.781. The Bertz CT molecular complexity index is 1080. The summed E-state index contributed by atoms with van der Waals surface area (Å²) in [5.41, 5.74) is 3.32. The van der Waals surface area contributed by atoms with Crippen molar-refractivity contribution < 1.29 is 17.6 Å². The summed E-state index contributed by atoms with van der Waals surface area (Å²) in [7, 11) is -2.13. The Hall–Kier alpha value is -2.67. The molecule has 0 fully saturated rings. The van der Waals surface area contributed by atoms with Gasteiger partial charge in [-0.1, -0.05) is 0 Å². The fraction of sp³-hybridized carbons (Fsp3) is 0.167. The Morgan fingerprint density at radius 1 is 1.08 bits per heavy atom. The summed E-state index contributed by atoms with van der Waals surface area (Å²) in [5, 5.41) is 0.895. The molecule has 0 aliphatic carbocycles. The monoisotopic (exact) mass is 360 g/mol. The first kappa shape index (κ1) is 17.2. The zero-order chi connectivity index (χ0) is 18.4. The van der Waals surface area contributed by atoms with Gasteiger partial charge in [0.25, 0.3) is 15.9 Å². The third kappa shape index (κ3) is 3.02. The van der Waals surface area contributed by atoms with E-state index >= 15 is 0 Å². The van der Waals surface area contributed by atoms with Crippen molar-refractivity contribution in [3.63, 3.8) is 0 Å². The van der Waals surface area contributed by atoms with E-state index in [1.54, 1.807) is 18.2 Å². The number of amides is 1. The SMILES string of the molecule is Cc1c(C)n(C)c2ccc(C(=O)NS(=O)(=O)c3ccc(F)cc3)cc12. The van der Waals surface area contributed by atoms with Crippen LogP contribution in [-0.4, -0.2) is 18.9 Å². The van der Waals surface area contributed by atoms with Crippen molar-refractivity contribution in [1.82, 2.24) is 9.29 Å². The molecule has 25 heavy (non-hydrogen) atoms. The third-order valence-electron chi connectivity index (χ3n) is 4.42. The smallest absolute Gasteiger partial charge is 0.265 e. The molecule has 1 amide bonds. The highest BCUT2D eigenvalue weighted by molar-refractivity contribution is 7.90. The minimum atomic E-state index is -4.06. The Labute approximate surface area is 145 Å². The van der Waals surface area contributed by atoms with Gasteiger partial charge in [-0.25, -0.2) is 17.5 Å². The van der Waals surface area contributed by atoms with Gasteiger partial charge in [0.1, 0.15) is 5.82 Å². The molecule has 0 atom stereocenters. The minimum absolute atomic E-state index is 0.171. The molecule has 1 heterocycles. The Balaban J connectivity index is 1.94. The maximum Gasteiger partial charge on any atom is 0.265 e. The van der Waals surface area contributed by atoms with E-state index in [9.17, 15) is 17.6 Å². The van der Waals surface area contributed by atoms with Gasteiger partial charge in [-0.15, -0.1) is 0 Å². The molecule has 0 unspecified atom stereocenters. The number of nitrogens with one attached hydrogen (secondary N) is 1. The van der Waals surface area contributed by atoms with E-state index in [2.05, 4.69) is 0 Å². The molecule has 5 nitrogen and oxygen atoms in total. The van der Waals surface area contributed by atoms with Crippen molar-refractivity contribution in [2.75, 3.05) is 0 Å². The number of aryl methyl sites for hydroxylation is 2. The van der Waals surface area contributed by atoms with Crippen molar-refractivity contribution in [2.45, 2.75) is 18.7 Å². The van der Waals surface area contributed by atoms with Crippen LogP contribution in [0.3, 0.4) is 0 Å². The van der Waals surface area contributed by atoms with Crippen molar-refractivity contribution in [2.24, 2.45) is 7.05 Å². The van der Waals surface area contributed by atoms with Crippen LogP contribution < -0.4 is 4.72 Å². The molecule has 0 saturated heterocycles. The van der Waals surface area contributed by atoms with Crippen molar-refractivity contribution in [3.05, 3.63) is 65.1 Å². The standard InChI is InChI=1S/C18H17FN2O3S/c1-11-12(2)21(3)17-9-4-13(10-16(11)17)18(22)20-25(23,24)15-7-5-14(19)6-8-15/h4-10H,1-3H3,(H,20,22). The van der Waals surface area contributed by atoms with Crippen LogP contribution in [0.1, 0.15) is 21.6 Å². The van der Waals surface area contributed by atoms with Crippen LogP contribution in [0.15, 0.2) is 47.4 Å². The minimum Gasteiger partial charge on any atom is -0.348 e. The third-order valence-corrected chi connectivity index (χ3v) is 5.77. The number of carbonyl (C=O) groups excluding carboxylic acids is 1. The molecule has 7 heteroatoms. The summed E-state index contributed by atoms with van der Waals surface area (Å²) in [4.78, 5) is 12.2. The highest BCUT2D eigenvalue weighted by Gasteiger charge is 2.20. The highest BCUT2D eigenvalue weighted by atomic mass is 32.2. The largest absolute Gasteiger partial charge is 0.348 e. The predicted molar refractivity (Wildman–Crippen MR) is 93.4 cm³/mol. The van der Waals surface area contributed by atoms with Crippen LogP contribution in [0, 0.1) is 19.7 Å². The average Bonchev–Trinajstić information content (AvgIpc) is 2.79. The van der Waals surface area contributed by atoms with Crippen LogP contribution in [0.25, 0.3) is 10.9 Å². The molecule has 130 valence electrons. The van der Waals surface area contributed by atoms with E-state index in [4.69, 9.17) is 0 Å². The maximum absolute atomic E-state index is 12.9. The molecular weight excluding hydrogens is 343 g/mol. The zero-order valence-electron chi connectivity index (χ0n) is 14.0. The van der Waals surface area contributed by atoms with Gasteiger partial charge in [0.15, 0.2) is 0 Å². The first-order valence-electron chi connectivity index (χ1n) is 7.59. The molecule has 0 saturated carbocycles. The van der Waals surface area contributed by atoms with E-state index in [0.717, 1.165) is 46.4 Å². The number of hydrogen-bond donors (Lipinski definition) is 1. The number of nitrogens with zero attached hydrogens (tertiary/aromatic N) is 1. The zero-order valence-corrected chi connectivity index (χ0v) is 14.8. The van der Waals surface area contributed by atoms with E-state index < -0.39 is 21.7 Å². The lowest BCUT2D eigenvalue weighted by atomic mass is 10.1. The lowest BCUT2D eigenvalue weighted by Gasteiger charge is -2.07. The molecule has 1 aromatic heterocycles. The molecule has 3 aromatic rings. The number of halogens is 1. The Morgan fingerprint density at radius 2 is 1.72 bits per heavy atom. The van der Waals surface area contributed by atoms with Crippen LogP contribution >= 0.6 is 0 Å². The summed E-state index contributed by atoms with van der Waals surface area (Å²) < 4.78 is 41.5. The molecule has 0 bridgehead atoms. The van der Waals surface area contributed by atoms with Gasteiger partial charge >= 0.3 is 0 Å². The fourth-order valence-corrected chi connectivity index (χ4v) is 3.73. The molecule has 0 radical (unpaired) electrons. The summed E-state index contributed by atoms with van der Waals surface area (Å²) in [6, 6.07) is 9.32. The number of benzene rings is 2. The highest BCUT2D eigenvalue weighted by Crippen LogP contribution is 2.25. The fourth-order valence-electron chi connectivity index (χ4n) is 2.75. The number of carbonyl (C=O) groups is 1. The van der Waals surface area contributed by atoms with Gasteiger partial charge < -0.3 is 4.57 Å². The molecule has 3 rings (SSSR count). The first-order valence-corrected chi connectivity index (χ1v) is 9.07. The lowest BCUT2D eigenvalue weighted by Crippen LogP contribution is -2.30. The Kier molecular flexibility index (Phi) is 4.12.